The first-order valence-corrected chi connectivity index (χ1v) is 8.06. The van der Waals surface area contributed by atoms with E-state index in [2.05, 4.69) is 10.0 Å². The topological polar surface area (TPSA) is 67.4 Å². The van der Waals surface area contributed by atoms with Crippen molar-refractivity contribution in [3.8, 4) is 0 Å². The smallest absolute Gasteiger partial charge is 0.240 e. The highest BCUT2D eigenvalue weighted by atomic mass is 32.2. The molecule has 0 radical (unpaired) electrons. The molecule has 0 bridgehead atoms. The Labute approximate surface area is 113 Å². The van der Waals surface area contributed by atoms with Crippen LogP contribution in [0.5, 0.6) is 0 Å². The van der Waals surface area contributed by atoms with Gasteiger partial charge in [-0.2, -0.15) is 0 Å². The van der Waals surface area contributed by atoms with Crippen molar-refractivity contribution in [2.24, 2.45) is 0 Å². The molecule has 0 amide bonds. The van der Waals surface area contributed by atoms with Gasteiger partial charge in [-0.3, -0.25) is 0 Å². The number of hydrogen-bond acceptors (Lipinski definition) is 4. The third kappa shape index (κ3) is 2.81. The Kier molecular flexibility index (Phi) is 3.58. The van der Waals surface area contributed by atoms with E-state index in [4.69, 9.17) is 4.74 Å². The lowest BCUT2D eigenvalue weighted by Crippen LogP contribution is -2.38. The zero-order valence-corrected chi connectivity index (χ0v) is 11.5. The third-order valence-corrected chi connectivity index (χ3v) is 5.18. The van der Waals surface area contributed by atoms with E-state index in [9.17, 15) is 8.42 Å². The maximum absolute atomic E-state index is 12.3. The summed E-state index contributed by atoms with van der Waals surface area (Å²) in [5.41, 5.74) is 2.26. The van der Waals surface area contributed by atoms with Crippen LogP contribution in [0.3, 0.4) is 0 Å². The SMILES string of the molecule is O=S(=O)(NC1CCOCC1)c1ccc2c(c1)CNC2. The highest BCUT2D eigenvalue weighted by Gasteiger charge is 2.23. The van der Waals surface area contributed by atoms with Gasteiger partial charge in [-0.1, -0.05) is 6.07 Å². The van der Waals surface area contributed by atoms with Crippen molar-refractivity contribution in [3.63, 3.8) is 0 Å². The van der Waals surface area contributed by atoms with Gasteiger partial charge < -0.3 is 10.1 Å². The molecular weight excluding hydrogens is 264 g/mol. The zero-order valence-electron chi connectivity index (χ0n) is 10.7. The molecule has 1 saturated heterocycles. The monoisotopic (exact) mass is 282 g/mol. The largest absolute Gasteiger partial charge is 0.381 e. The highest BCUT2D eigenvalue weighted by Crippen LogP contribution is 2.20. The highest BCUT2D eigenvalue weighted by molar-refractivity contribution is 7.89. The van der Waals surface area contributed by atoms with Gasteiger partial charge in [-0.05, 0) is 36.1 Å². The number of fused-ring (bicyclic) bond motifs is 1. The van der Waals surface area contributed by atoms with E-state index in [1.165, 1.54) is 5.56 Å². The van der Waals surface area contributed by atoms with Crippen molar-refractivity contribution in [1.29, 1.82) is 0 Å². The molecule has 2 heterocycles. The van der Waals surface area contributed by atoms with Crippen LogP contribution < -0.4 is 10.0 Å². The molecule has 5 nitrogen and oxygen atoms in total. The van der Waals surface area contributed by atoms with Crippen LogP contribution in [-0.4, -0.2) is 27.7 Å². The summed E-state index contributed by atoms with van der Waals surface area (Å²) in [6.07, 6.45) is 1.48. The summed E-state index contributed by atoms with van der Waals surface area (Å²) in [7, 11) is -3.41. The van der Waals surface area contributed by atoms with Crippen LogP contribution in [0, 0.1) is 0 Å². The molecule has 2 N–H and O–H groups in total. The molecular formula is C13H18N2O3S. The maximum atomic E-state index is 12.3. The van der Waals surface area contributed by atoms with E-state index in [0.717, 1.165) is 31.5 Å². The molecule has 6 heteroatoms. The van der Waals surface area contributed by atoms with Crippen LogP contribution >= 0.6 is 0 Å². The molecule has 2 aliphatic rings. The molecule has 0 aromatic heterocycles. The van der Waals surface area contributed by atoms with Gasteiger partial charge >= 0.3 is 0 Å². The normalized spacial score (nSPS) is 20.4. The van der Waals surface area contributed by atoms with Crippen LogP contribution in [0.1, 0.15) is 24.0 Å². The van der Waals surface area contributed by atoms with Crippen molar-refractivity contribution < 1.29 is 13.2 Å². The van der Waals surface area contributed by atoms with E-state index >= 15 is 0 Å². The fraction of sp³-hybridized carbons (Fsp3) is 0.538. The standard InChI is InChI=1S/C13H18N2O3S/c16-19(17,15-12-3-5-18-6-4-12)13-2-1-10-8-14-9-11(10)7-13/h1-2,7,12,14-15H,3-6,8-9H2. The third-order valence-electron chi connectivity index (χ3n) is 3.66. The van der Waals surface area contributed by atoms with Crippen molar-refractivity contribution in [1.82, 2.24) is 10.0 Å². The minimum Gasteiger partial charge on any atom is -0.381 e. The van der Waals surface area contributed by atoms with E-state index in [1.807, 2.05) is 6.07 Å². The molecule has 104 valence electrons. The Hall–Kier alpha value is -0.950. The maximum Gasteiger partial charge on any atom is 0.240 e. The summed E-state index contributed by atoms with van der Waals surface area (Å²) in [6, 6.07) is 5.35. The summed E-state index contributed by atoms with van der Waals surface area (Å²) in [6.45, 7) is 2.82. The Morgan fingerprint density at radius 3 is 2.68 bits per heavy atom. The predicted molar refractivity (Wildman–Crippen MR) is 71.1 cm³/mol. The Bertz CT molecular complexity index is 565. The van der Waals surface area contributed by atoms with E-state index in [1.54, 1.807) is 12.1 Å². The van der Waals surface area contributed by atoms with E-state index in [0.29, 0.717) is 18.1 Å². The average Bonchev–Trinajstić information content (AvgIpc) is 2.86. The van der Waals surface area contributed by atoms with Gasteiger partial charge in [-0.15, -0.1) is 0 Å². The van der Waals surface area contributed by atoms with Gasteiger partial charge in [-0.25, -0.2) is 13.1 Å². The number of rotatable bonds is 3. The lowest BCUT2D eigenvalue weighted by atomic mass is 10.1. The van der Waals surface area contributed by atoms with Crippen LogP contribution in [0.15, 0.2) is 23.1 Å². The van der Waals surface area contributed by atoms with Crippen molar-refractivity contribution in [2.45, 2.75) is 36.9 Å². The van der Waals surface area contributed by atoms with Gasteiger partial charge in [0.1, 0.15) is 0 Å². The Balaban J connectivity index is 1.79. The summed E-state index contributed by atoms with van der Waals surface area (Å²) in [4.78, 5) is 0.362. The fourth-order valence-corrected chi connectivity index (χ4v) is 3.90. The molecule has 1 fully saturated rings. The van der Waals surface area contributed by atoms with Gasteiger partial charge in [0.05, 0.1) is 4.90 Å². The Morgan fingerprint density at radius 1 is 1.16 bits per heavy atom. The molecule has 0 aliphatic carbocycles. The first-order valence-electron chi connectivity index (χ1n) is 6.58. The molecule has 1 aromatic rings. The van der Waals surface area contributed by atoms with Gasteiger partial charge in [0.2, 0.25) is 10.0 Å². The minimum absolute atomic E-state index is 0.00914. The minimum atomic E-state index is -3.41. The number of ether oxygens (including phenoxy) is 1. The summed E-state index contributed by atoms with van der Waals surface area (Å²) >= 11 is 0. The second-order valence-corrected chi connectivity index (χ2v) is 6.76. The van der Waals surface area contributed by atoms with Crippen LogP contribution in [0.4, 0.5) is 0 Å². The molecule has 1 aromatic carbocycles. The first-order chi connectivity index (χ1) is 9.15. The van der Waals surface area contributed by atoms with Crippen molar-refractivity contribution >= 4 is 10.0 Å². The molecule has 0 atom stereocenters. The summed E-state index contributed by atoms with van der Waals surface area (Å²) < 4.78 is 32.7. The second kappa shape index (κ2) is 5.20. The Morgan fingerprint density at radius 2 is 1.89 bits per heavy atom. The number of hydrogen-bond donors (Lipinski definition) is 2. The molecule has 3 rings (SSSR count). The summed E-state index contributed by atoms with van der Waals surface area (Å²) in [5, 5.41) is 3.22. The quantitative estimate of drug-likeness (QED) is 0.858. The predicted octanol–water partition coefficient (Wildman–Crippen LogP) is 0.747. The molecule has 0 saturated carbocycles. The lowest BCUT2D eigenvalue weighted by Gasteiger charge is -2.23. The number of benzene rings is 1. The van der Waals surface area contributed by atoms with Gasteiger partial charge in [0.25, 0.3) is 0 Å². The molecule has 2 aliphatic heterocycles. The van der Waals surface area contributed by atoms with E-state index in [-0.39, 0.29) is 6.04 Å². The zero-order chi connectivity index (χ0) is 13.3. The van der Waals surface area contributed by atoms with Crippen LogP contribution in [0.25, 0.3) is 0 Å². The molecule has 0 spiro atoms. The van der Waals surface area contributed by atoms with Crippen LogP contribution in [-0.2, 0) is 27.8 Å². The fourth-order valence-electron chi connectivity index (χ4n) is 2.54. The van der Waals surface area contributed by atoms with Crippen molar-refractivity contribution in [3.05, 3.63) is 29.3 Å². The lowest BCUT2D eigenvalue weighted by molar-refractivity contribution is 0.0832. The molecule has 19 heavy (non-hydrogen) atoms. The number of sulfonamides is 1. The van der Waals surface area contributed by atoms with Gasteiger partial charge in [0, 0.05) is 32.3 Å². The summed E-state index contributed by atoms with van der Waals surface area (Å²) in [5.74, 6) is 0. The van der Waals surface area contributed by atoms with Gasteiger partial charge in [0.15, 0.2) is 0 Å². The van der Waals surface area contributed by atoms with Crippen LogP contribution in [0.2, 0.25) is 0 Å². The second-order valence-electron chi connectivity index (χ2n) is 5.04. The first kappa shape index (κ1) is 13.1. The van der Waals surface area contributed by atoms with Crippen molar-refractivity contribution in [2.75, 3.05) is 13.2 Å². The number of nitrogens with one attached hydrogen (secondary N) is 2. The van der Waals surface area contributed by atoms with E-state index < -0.39 is 10.0 Å². The average molecular weight is 282 g/mol. The molecule has 0 unspecified atom stereocenters.